The third-order valence-corrected chi connectivity index (χ3v) is 7.76. The second-order valence-corrected chi connectivity index (χ2v) is 9.75. The lowest BCUT2D eigenvalue weighted by atomic mass is 10.2. The Kier molecular flexibility index (Phi) is 7.04. The second kappa shape index (κ2) is 9.53. The number of sulfonamides is 1. The molecule has 0 unspecified atom stereocenters. The van der Waals surface area contributed by atoms with Gasteiger partial charge < -0.3 is 10.1 Å². The molecule has 30 heavy (non-hydrogen) atoms. The van der Waals surface area contributed by atoms with Gasteiger partial charge >= 0.3 is 5.97 Å². The van der Waals surface area contributed by atoms with E-state index in [2.05, 4.69) is 5.32 Å². The summed E-state index contributed by atoms with van der Waals surface area (Å²) in [5.41, 5.74) is 0.928. The molecule has 0 saturated carbocycles. The molecule has 0 spiro atoms. The summed E-state index contributed by atoms with van der Waals surface area (Å²) < 4.78 is 33.1. The fraction of sp³-hybridized carbons (Fsp3) is 0.333. The van der Waals surface area contributed by atoms with Gasteiger partial charge in [-0.05, 0) is 37.3 Å². The molecule has 0 fully saturated rings. The molecule has 2 aromatic carbocycles. The number of nitrogens with zero attached hydrogens (tertiary/aromatic N) is 1. The summed E-state index contributed by atoms with van der Waals surface area (Å²) in [6, 6.07) is 13.3. The number of esters is 1. The summed E-state index contributed by atoms with van der Waals surface area (Å²) in [6.07, 6.45) is -0.0724. The zero-order valence-corrected chi connectivity index (χ0v) is 18.5. The van der Waals surface area contributed by atoms with Crippen LogP contribution in [0.5, 0.6) is 0 Å². The van der Waals surface area contributed by atoms with Gasteiger partial charge in [0.1, 0.15) is 0 Å². The predicted molar refractivity (Wildman–Crippen MR) is 117 cm³/mol. The minimum absolute atomic E-state index is 0.0458. The molecule has 1 atom stereocenters. The third-order valence-electron chi connectivity index (χ3n) is 4.60. The molecular formula is C21H24N2O5S2. The van der Waals surface area contributed by atoms with Crippen molar-refractivity contribution in [2.45, 2.75) is 30.1 Å². The topological polar surface area (TPSA) is 92.8 Å². The van der Waals surface area contributed by atoms with E-state index in [0.29, 0.717) is 17.1 Å². The number of ether oxygens (including phenoxy) is 1. The first-order chi connectivity index (χ1) is 14.3. The Morgan fingerprint density at radius 3 is 2.67 bits per heavy atom. The molecule has 1 heterocycles. The van der Waals surface area contributed by atoms with Gasteiger partial charge in [-0.1, -0.05) is 25.1 Å². The Hall–Kier alpha value is -2.52. The minimum Gasteiger partial charge on any atom is -0.466 e. The highest BCUT2D eigenvalue weighted by molar-refractivity contribution is 7.99. The fourth-order valence-corrected chi connectivity index (χ4v) is 5.48. The van der Waals surface area contributed by atoms with E-state index < -0.39 is 16.0 Å². The van der Waals surface area contributed by atoms with Gasteiger partial charge in [0.2, 0.25) is 5.91 Å². The highest BCUT2D eigenvalue weighted by Crippen LogP contribution is 2.35. The van der Waals surface area contributed by atoms with Crippen LogP contribution in [-0.4, -0.2) is 39.2 Å². The first kappa shape index (κ1) is 22.2. The fourth-order valence-electron chi connectivity index (χ4n) is 2.98. The number of nitrogens with one attached hydrogen (secondary N) is 1. The Morgan fingerprint density at radius 2 is 1.97 bits per heavy atom. The van der Waals surface area contributed by atoms with Crippen molar-refractivity contribution in [1.82, 2.24) is 0 Å². The van der Waals surface area contributed by atoms with Gasteiger partial charge in [0.05, 0.1) is 29.3 Å². The first-order valence-electron chi connectivity index (χ1n) is 9.64. The second-order valence-electron chi connectivity index (χ2n) is 6.83. The maximum Gasteiger partial charge on any atom is 0.307 e. The maximum absolute atomic E-state index is 13.5. The van der Waals surface area contributed by atoms with E-state index in [1.165, 1.54) is 28.2 Å². The number of carbonyl (C=O) groups is 2. The Labute approximate surface area is 180 Å². The molecule has 0 bridgehead atoms. The number of rotatable bonds is 7. The van der Waals surface area contributed by atoms with E-state index in [9.17, 15) is 18.0 Å². The zero-order valence-electron chi connectivity index (χ0n) is 16.8. The lowest BCUT2D eigenvalue weighted by Gasteiger charge is -2.24. The van der Waals surface area contributed by atoms with Gasteiger partial charge in [-0.3, -0.25) is 13.9 Å². The van der Waals surface area contributed by atoms with Crippen LogP contribution in [0.2, 0.25) is 0 Å². The lowest BCUT2D eigenvalue weighted by Crippen LogP contribution is -2.33. The van der Waals surface area contributed by atoms with Crippen LogP contribution in [0.25, 0.3) is 0 Å². The summed E-state index contributed by atoms with van der Waals surface area (Å²) >= 11 is 1.51. The van der Waals surface area contributed by atoms with Gasteiger partial charge in [-0.2, -0.15) is 0 Å². The average Bonchev–Trinajstić information content (AvgIpc) is 2.87. The number of fused-ring (bicyclic) bond motifs is 1. The van der Waals surface area contributed by atoms with Crippen LogP contribution >= 0.6 is 11.8 Å². The van der Waals surface area contributed by atoms with Crippen LogP contribution in [0.4, 0.5) is 11.4 Å². The highest BCUT2D eigenvalue weighted by atomic mass is 32.2. The van der Waals surface area contributed by atoms with Crippen LogP contribution in [0, 0.1) is 5.92 Å². The van der Waals surface area contributed by atoms with E-state index in [-0.39, 0.29) is 36.3 Å². The monoisotopic (exact) mass is 448 g/mol. The molecule has 1 aliphatic rings. The van der Waals surface area contributed by atoms with E-state index in [1.807, 2.05) is 6.92 Å². The van der Waals surface area contributed by atoms with Crippen LogP contribution in [0.1, 0.15) is 20.3 Å². The van der Waals surface area contributed by atoms with Crippen molar-refractivity contribution in [3.63, 3.8) is 0 Å². The minimum atomic E-state index is -3.98. The van der Waals surface area contributed by atoms with Crippen LogP contribution < -0.4 is 9.62 Å². The quantitative estimate of drug-likeness (QED) is 0.652. The van der Waals surface area contributed by atoms with Gasteiger partial charge in [0.15, 0.2) is 0 Å². The van der Waals surface area contributed by atoms with Crippen molar-refractivity contribution in [2.24, 2.45) is 5.92 Å². The normalized spacial score (nSPS) is 16.2. The molecule has 9 heteroatoms. The smallest absolute Gasteiger partial charge is 0.307 e. The summed E-state index contributed by atoms with van der Waals surface area (Å²) in [7, 11) is -3.98. The molecule has 160 valence electrons. The largest absolute Gasteiger partial charge is 0.466 e. The van der Waals surface area contributed by atoms with E-state index in [4.69, 9.17) is 4.74 Å². The van der Waals surface area contributed by atoms with Crippen molar-refractivity contribution in [3.05, 3.63) is 48.5 Å². The molecule has 0 aromatic heterocycles. The Bertz CT molecular complexity index is 1020. The van der Waals surface area contributed by atoms with Crippen molar-refractivity contribution in [3.8, 4) is 0 Å². The first-order valence-corrected chi connectivity index (χ1v) is 12.1. The molecule has 7 nitrogen and oxygen atoms in total. The van der Waals surface area contributed by atoms with E-state index in [0.717, 1.165) is 4.90 Å². The van der Waals surface area contributed by atoms with Gasteiger partial charge in [-0.15, -0.1) is 11.8 Å². The standard InChI is InChI=1S/C21H24N2O5S2/c1-3-28-20(24)11-12-23(16-7-5-4-6-8-16)30(26,27)17-9-10-19-18(13-17)22-21(25)15(2)14-29-19/h4-10,13,15H,3,11-12,14H2,1-2H3,(H,22,25)/t15-/m1/s1. The number of anilines is 2. The SMILES string of the molecule is CCOC(=O)CCN(c1ccccc1)S(=O)(=O)c1ccc2c(c1)NC(=O)[C@H](C)CS2. The number of hydrogen-bond donors (Lipinski definition) is 1. The summed E-state index contributed by atoms with van der Waals surface area (Å²) in [4.78, 5) is 24.9. The van der Waals surface area contributed by atoms with E-state index >= 15 is 0 Å². The number of amides is 1. The van der Waals surface area contributed by atoms with Crippen molar-refractivity contribution < 1.29 is 22.7 Å². The van der Waals surface area contributed by atoms with Crippen molar-refractivity contribution >= 4 is 45.0 Å². The average molecular weight is 449 g/mol. The molecule has 1 N–H and O–H groups in total. The molecule has 0 saturated heterocycles. The zero-order chi connectivity index (χ0) is 21.7. The molecule has 0 aliphatic carbocycles. The Morgan fingerprint density at radius 1 is 1.23 bits per heavy atom. The maximum atomic E-state index is 13.5. The summed E-state index contributed by atoms with van der Waals surface area (Å²) in [5.74, 6) is -0.153. The van der Waals surface area contributed by atoms with Gasteiger partial charge in [0.25, 0.3) is 10.0 Å². The van der Waals surface area contributed by atoms with Crippen molar-refractivity contribution in [2.75, 3.05) is 28.5 Å². The third kappa shape index (κ3) is 4.96. The number of benzene rings is 2. The summed E-state index contributed by atoms with van der Waals surface area (Å²) in [6.45, 7) is 3.71. The number of hydrogen-bond acceptors (Lipinski definition) is 6. The Balaban J connectivity index is 1.96. The molecule has 1 amide bonds. The van der Waals surface area contributed by atoms with Gasteiger partial charge in [0, 0.05) is 23.1 Å². The predicted octanol–water partition coefficient (Wildman–Crippen LogP) is 3.52. The van der Waals surface area contributed by atoms with Crippen LogP contribution in [-0.2, 0) is 24.3 Å². The molecule has 0 radical (unpaired) electrons. The molecule has 1 aliphatic heterocycles. The summed E-state index contributed by atoms with van der Waals surface area (Å²) in [5, 5.41) is 2.81. The number of para-hydroxylation sites is 1. The van der Waals surface area contributed by atoms with Crippen molar-refractivity contribution in [1.29, 1.82) is 0 Å². The molecule has 3 rings (SSSR count). The van der Waals surface area contributed by atoms with Crippen LogP contribution in [0.15, 0.2) is 58.3 Å². The number of thioether (sulfide) groups is 1. The number of carbonyl (C=O) groups excluding carboxylic acids is 2. The lowest BCUT2D eigenvalue weighted by molar-refractivity contribution is -0.142. The van der Waals surface area contributed by atoms with Crippen LogP contribution in [0.3, 0.4) is 0 Å². The van der Waals surface area contributed by atoms with E-state index in [1.54, 1.807) is 43.3 Å². The highest BCUT2D eigenvalue weighted by Gasteiger charge is 2.28. The molecule has 2 aromatic rings. The van der Waals surface area contributed by atoms with Gasteiger partial charge in [-0.25, -0.2) is 8.42 Å². The molecular weight excluding hydrogens is 424 g/mol.